The molecular weight excluding hydrogens is 284 g/mol. The highest BCUT2D eigenvalue weighted by molar-refractivity contribution is 7.99. The molecule has 2 amide bonds. The van der Waals surface area contributed by atoms with Crippen molar-refractivity contribution in [2.24, 2.45) is 0 Å². The molecule has 0 aliphatic carbocycles. The number of aliphatic hydroxyl groups excluding tert-OH is 1. The van der Waals surface area contributed by atoms with Gasteiger partial charge in [0.05, 0.1) is 17.3 Å². The van der Waals surface area contributed by atoms with Gasteiger partial charge in [-0.3, -0.25) is 0 Å². The van der Waals surface area contributed by atoms with Crippen molar-refractivity contribution >= 4 is 35.1 Å². The largest absolute Gasteiger partial charge is 0.395 e. The normalized spacial score (nSPS) is 13.7. The van der Waals surface area contributed by atoms with Crippen LogP contribution in [0.2, 0.25) is 5.02 Å². The number of aliphatic hydroxyl groups is 1. The number of benzene rings is 1. The summed E-state index contributed by atoms with van der Waals surface area (Å²) in [6.07, 6.45) is 1.90. The lowest BCUT2D eigenvalue weighted by Crippen LogP contribution is -2.43. The van der Waals surface area contributed by atoms with Crippen LogP contribution >= 0.6 is 23.4 Å². The Kier molecular flexibility index (Phi) is 6.48. The van der Waals surface area contributed by atoms with E-state index in [1.807, 2.05) is 32.2 Å². The second-order valence-electron chi connectivity index (χ2n) is 4.28. The fraction of sp³-hybridized carbons (Fsp3) is 0.462. The summed E-state index contributed by atoms with van der Waals surface area (Å²) in [5, 5.41) is 15.2. The number of amides is 2. The van der Waals surface area contributed by atoms with Crippen molar-refractivity contribution in [2.45, 2.75) is 25.1 Å². The van der Waals surface area contributed by atoms with Gasteiger partial charge in [0.1, 0.15) is 0 Å². The van der Waals surface area contributed by atoms with Gasteiger partial charge >= 0.3 is 6.03 Å². The third kappa shape index (κ3) is 4.60. The Balaban J connectivity index is 2.63. The average Bonchev–Trinajstić information content (AvgIpc) is 2.36. The first kappa shape index (κ1) is 16.1. The molecule has 106 valence electrons. The van der Waals surface area contributed by atoms with Gasteiger partial charge in [0.25, 0.3) is 0 Å². The number of aryl methyl sites for hydroxylation is 1. The van der Waals surface area contributed by atoms with E-state index in [2.05, 4.69) is 10.6 Å². The number of hydrogen-bond donors (Lipinski definition) is 3. The Morgan fingerprint density at radius 2 is 2.21 bits per heavy atom. The lowest BCUT2D eigenvalue weighted by Gasteiger charge is -2.21. The van der Waals surface area contributed by atoms with E-state index >= 15 is 0 Å². The first-order chi connectivity index (χ1) is 8.99. The summed E-state index contributed by atoms with van der Waals surface area (Å²) < 4.78 is 0. The first-order valence-electron chi connectivity index (χ1n) is 5.95. The van der Waals surface area contributed by atoms with Crippen LogP contribution in [0.15, 0.2) is 18.2 Å². The number of nitrogens with one attached hydrogen (secondary N) is 2. The Morgan fingerprint density at radius 1 is 1.53 bits per heavy atom. The van der Waals surface area contributed by atoms with Gasteiger partial charge in [-0.25, -0.2) is 4.79 Å². The second kappa shape index (κ2) is 7.62. The maximum absolute atomic E-state index is 11.9. The number of carbonyl (C=O) groups is 1. The van der Waals surface area contributed by atoms with Gasteiger partial charge in [0, 0.05) is 11.3 Å². The van der Waals surface area contributed by atoms with E-state index in [-0.39, 0.29) is 23.9 Å². The van der Waals surface area contributed by atoms with Crippen LogP contribution in [0.5, 0.6) is 0 Å². The lowest BCUT2D eigenvalue weighted by atomic mass is 10.2. The van der Waals surface area contributed by atoms with Crippen LogP contribution in [0, 0.1) is 6.92 Å². The molecule has 2 atom stereocenters. The van der Waals surface area contributed by atoms with E-state index in [1.54, 1.807) is 6.07 Å². The maximum Gasteiger partial charge on any atom is 0.319 e. The van der Waals surface area contributed by atoms with Crippen LogP contribution in [-0.4, -0.2) is 35.3 Å². The molecule has 6 heteroatoms. The standard InChI is InChI=1S/C13H19ClN2O2S/c1-8-5-4-6-10(12(8)14)16-13(18)15-9(2)11(7-17)19-3/h4-6,9,11,17H,7H2,1-3H3,(H2,15,16,18). The Morgan fingerprint density at radius 3 is 2.79 bits per heavy atom. The lowest BCUT2D eigenvalue weighted by molar-refractivity contribution is 0.243. The number of anilines is 1. The summed E-state index contributed by atoms with van der Waals surface area (Å²) in [4.78, 5) is 11.9. The number of hydrogen-bond acceptors (Lipinski definition) is 3. The Labute approximate surface area is 122 Å². The minimum Gasteiger partial charge on any atom is -0.395 e. The monoisotopic (exact) mass is 302 g/mol. The minimum atomic E-state index is -0.326. The summed E-state index contributed by atoms with van der Waals surface area (Å²) in [5.74, 6) is 0. The quantitative estimate of drug-likeness (QED) is 0.784. The fourth-order valence-corrected chi connectivity index (χ4v) is 2.44. The molecule has 0 bridgehead atoms. The molecule has 0 aliphatic rings. The van der Waals surface area contributed by atoms with Crippen molar-refractivity contribution in [3.8, 4) is 0 Å². The van der Waals surface area contributed by atoms with Crippen molar-refractivity contribution in [1.82, 2.24) is 5.32 Å². The summed E-state index contributed by atoms with van der Waals surface area (Å²) in [7, 11) is 0. The SMILES string of the molecule is CSC(CO)C(C)NC(=O)Nc1cccc(C)c1Cl. The van der Waals surface area contributed by atoms with Gasteiger partial charge in [-0.2, -0.15) is 11.8 Å². The highest BCUT2D eigenvalue weighted by Crippen LogP contribution is 2.24. The molecular formula is C13H19ClN2O2S. The molecule has 4 nitrogen and oxygen atoms in total. The van der Waals surface area contributed by atoms with Crippen LogP contribution in [-0.2, 0) is 0 Å². The summed E-state index contributed by atoms with van der Waals surface area (Å²) in [6, 6.07) is 5.00. The van der Waals surface area contributed by atoms with Crippen LogP contribution in [0.4, 0.5) is 10.5 Å². The maximum atomic E-state index is 11.9. The van der Waals surface area contributed by atoms with Crippen LogP contribution in [0.1, 0.15) is 12.5 Å². The Hall–Kier alpha value is -0.910. The molecule has 0 heterocycles. The molecule has 2 unspecified atom stereocenters. The molecule has 0 saturated carbocycles. The number of rotatable bonds is 5. The van der Waals surface area contributed by atoms with Gasteiger partial charge in [0.2, 0.25) is 0 Å². The zero-order valence-electron chi connectivity index (χ0n) is 11.2. The van der Waals surface area contributed by atoms with Crippen LogP contribution in [0.3, 0.4) is 0 Å². The van der Waals surface area contributed by atoms with E-state index < -0.39 is 0 Å². The Bertz CT molecular complexity index is 439. The number of thioether (sulfide) groups is 1. The van der Waals surface area contributed by atoms with Crippen molar-refractivity contribution < 1.29 is 9.90 Å². The summed E-state index contributed by atoms with van der Waals surface area (Å²) in [6.45, 7) is 3.76. The molecule has 0 radical (unpaired) electrons. The van der Waals surface area contributed by atoms with E-state index in [4.69, 9.17) is 16.7 Å². The molecule has 3 N–H and O–H groups in total. The average molecular weight is 303 g/mol. The third-order valence-electron chi connectivity index (χ3n) is 2.84. The summed E-state index contributed by atoms with van der Waals surface area (Å²) >= 11 is 7.62. The van der Waals surface area contributed by atoms with Gasteiger partial charge in [-0.05, 0) is 31.7 Å². The van der Waals surface area contributed by atoms with Crippen LogP contribution in [0.25, 0.3) is 0 Å². The van der Waals surface area contributed by atoms with Crippen molar-refractivity contribution in [2.75, 3.05) is 18.2 Å². The van der Waals surface area contributed by atoms with Crippen molar-refractivity contribution in [1.29, 1.82) is 0 Å². The van der Waals surface area contributed by atoms with Crippen molar-refractivity contribution in [3.05, 3.63) is 28.8 Å². The van der Waals surface area contributed by atoms with E-state index in [1.165, 1.54) is 11.8 Å². The van der Waals surface area contributed by atoms with Crippen LogP contribution < -0.4 is 10.6 Å². The zero-order valence-corrected chi connectivity index (χ0v) is 12.8. The predicted molar refractivity (Wildman–Crippen MR) is 82.2 cm³/mol. The zero-order chi connectivity index (χ0) is 14.4. The predicted octanol–water partition coefficient (Wildman–Crippen LogP) is 2.88. The topological polar surface area (TPSA) is 61.4 Å². The highest BCUT2D eigenvalue weighted by atomic mass is 35.5. The van der Waals surface area contributed by atoms with E-state index in [0.717, 1.165) is 5.56 Å². The van der Waals surface area contributed by atoms with E-state index in [9.17, 15) is 4.79 Å². The highest BCUT2D eigenvalue weighted by Gasteiger charge is 2.17. The molecule has 1 rings (SSSR count). The molecule has 0 aliphatic heterocycles. The van der Waals surface area contributed by atoms with Gasteiger partial charge in [-0.15, -0.1) is 0 Å². The van der Waals surface area contributed by atoms with Gasteiger partial charge in [-0.1, -0.05) is 23.7 Å². The van der Waals surface area contributed by atoms with Crippen molar-refractivity contribution in [3.63, 3.8) is 0 Å². The molecule has 0 saturated heterocycles. The third-order valence-corrected chi connectivity index (χ3v) is 4.50. The second-order valence-corrected chi connectivity index (χ2v) is 5.74. The fourth-order valence-electron chi connectivity index (χ4n) is 1.64. The molecule has 0 fully saturated rings. The van der Waals surface area contributed by atoms with E-state index in [0.29, 0.717) is 10.7 Å². The molecule has 0 aromatic heterocycles. The molecule has 19 heavy (non-hydrogen) atoms. The molecule has 1 aromatic rings. The van der Waals surface area contributed by atoms with Gasteiger partial charge < -0.3 is 15.7 Å². The number of urea groups is 1. The minimum absolute atomic E-state index is 0.0216. The first-order valence-corrected chi connectivity index (χ1v) is 7.62. The molecule has 0 spiro atoms. The number of halogens is 1. The summed E-state index contributed by atoms with van der Waals surface area (Å²) in [5.41, 5.74) is 1.49. The molecule has 1 aromatic carbocycles. The smallest absolute Gasteiger partial charge is 0.319 e. The number of carbonyl (C=O) groups excluding carboxylic acids is 1. The van der Waals surface area contributed by atoms with Gasteiger partial charge in [0.15, 0.2) is 0 Å².